The van der Waals surface area contributed by atoms with Crippen LogP contribution in [0.3, 0.4) is 0 Å². The monoisotopic (exact) mass is 481 g/mol. The number of hydrogen-bond acceptors (Lipinski definition) is 4. The molecule has 0 radical (unpaired) electrons. The van der Waals surface area contributed by atoms with Gasteiger partial charge >= 0.3 is 6.18 Å². The van der Waals surface area contributed by atoms with Gasteiger partial charge in [0, 0.05) is 11.8 Å². The van der Waals surface area contributed by atoms with Crippen molar-refractivity contribution in [2.75, 3.05) is 0 Å². The van der Waals surface area contributed by atoms with Gasteiger partial charge < -0.3 is 0 Å². The fraction of sp³-hybridized carbons (Fsp3) is 0.120. The third-order valence-electron chi connectivity index (χ3n) is 5.45. The highest BCUT2D eigenvalue weighted by Gasteiger charge is 2.33. The number of benzene rings is 2. The lowest BCUT2D eigenvalue weighted by Gasteiger charge is -2.14. The van der Waals surface area contributed by atoms with E-state index < -0.39 is 23.4 Å². The second-order valence-corrected chi connectivity index (χ2v) is 7.98. The number of aromatic nitrogens is 5. The zero-order valence-electron chi connectivity index (χ0n) is 18.2. The van der Waals surface area contributed by atoms with Gasteiger partial charge in [-0.15, -0.1) is 0 Å². The summed E-state index contributed by atoms with van der Waals surface area (Å²) in [5.41, 5.74) is 1.53. The Labute approximate surface area is 196 Å². The molecule has 3 aromatic rings. The molecule has 35 heavy (non-hydrogen) atoms. The zero-order chi connectivity index (χ0) is 24.7. The molecule has 10 heteroatoms. The van der Waals surface area contributed by atoms with Crippen LogP contribution in [0, 0.1) is 18.6 Å². The number of rotatable bonds is 4. The molecule has 2 aliphatic heterocycles. The number of alkyl halides is 3. The summed E-state index contributed by atoms with van der Waals surface area (Å²) in [5.74, 6) is -1.99. The average molecular weight is 481 g/mol. The van der Waals surface area contributed by atoms with E-state index in [2.05, 4.69) is 20.1 Å². The average Bonchev–Trinajstić information content (AvgIpc) is 3.24. The summed E-state index contributed by atoms with van der Waals surface area (Å²) in [6, 6.07) is 11.1. The Morgan fingerprint density at radius 3 is 2.43 bits per heavy atom. The Bertz CT molecular complexity index is 1490. The standard InChI is InChI=1S/C25H16F5N5/c1-14-5-8-17(19(9-14)25(28,29)30)15-6-7-16(31-10-15)12-35-13-22-21(11-32-35)33-24(34-22)18-3-2-4-20(26)23(18)27/h2-11,13H,12H2,1H3. The summed E-state index contributed by atoms with van der Waals surface area (Å²) in [6.45, 7) is 1.82. The van der Waals surface area contributed by atoms with Crippen LogP contribution in [0.2, 0.25) is 0 Å². The van der Waals surface area contributed by atoms with Crippen LogP contribution in [0.25, 0.3) is 33.9 Å². The van der Waals surface area contributed by atoms with Gasteiger partial charge in [-0.1, -0.05) is 29.8 Å². The molecule has 0 atom stereocenters. The highest BCUT2D eigenvalue weighted by atomic mass is 19.4. The molecule has 0 saturated carbocycles. The molecule has 0 N–H and O–H groups in total. The van der Waals surface area contributed by atoms with Gasteiger partial charge in [-0.2, -0.15) is 18.3 Å². The van der Waals surface area contributed by atoms with Gasteiger partial charge in [-0.3, -0.25) is 9.67 Å². The molecule has 0 amide bonds. The molecular weight excluding hydrogens is 465 g/mol. The van der Waals surface area contributed by atoms with E-state index in [-0.39, 0.29) is 23.5 Å². The Hall–Kier alpha value is -4.21. The van der Waals surface area contributed by atoms with Crippen LogP contribution >= 0.6 is 0 Å². The van der Waals surface area contributed by atoms with Crippen molar-refractivity contribution in [1.82, 2.24) is 24.7 Å². The third-order valence-corrected chi connectivity index (χ3v) is 5.45. The maximum atomic E-state index is 14.1. The first kappa shape index (κ1) is 22.6. The molecule has 5 rings (SSSR count). The van der Waals surface area contributed by atoms with Crippen LogP contribution in [0.1, 0.15) is 16.8 Å². The van der Waals surface area contributed by atoms with Gasteiger partial charge in [0.25, 0.3) is 0 Å². The minimum absolute atomic E-state index is 0.0394. The van der Waals surface area contributed by atoms with E-state index in [4.69, 9.17) is 0 Å². The quantitative estimate of drug-likeness (QED) is 0.289. The smallest absolute Gasteiger partial charge is 0.264 e. The molecule has 0 unspecified atom stereocenters. The van der Waals surface area contributed by atoms with E-state index in [9.17, 15) is 22.0 Å². The molecule has 0 bridgehead atoms. The SMILES string of the molecule is Cc1ccc(-c2ccc(Cn3cc4nc(-c5cccc(F)c5F)nc-4cn3)nc2)c(C(F)(F)F)c1. The van der Waals surface area contributed by atoms with Crippen LogP contribution in [-0.2, 0) is 12.7 Å². The summed E-state index contributed by atoms with van der Waals surface area (Å²) < 4.78 is 69.6. The maximum absolute atomic E-state index is 14.1. The summed E-state index contributed by atoms with van der Waals surface area (Å²) >= 11 is 0. The Kier molecular flexibility index (Phi) is 5.50. The lowest BCUT2D eigenvalue weighted by atomic mass is 9.98. The van der Waals surface area contributed by atoms with E-state index in [0.717, 1.165) is 12.1 Å². The second-order valence-electron chi connectivity index (χ2n) is 7.98. The number of fused-ring (bicyclic) bond motifs is 1. The Morgan fingerprint density at radius 2 is 1.69 bits per heavy atom. The van der Waals surface area contributed by atoms with Crippen molar-refractivity contribution in [3.8, 4) is 33.9 Å². The van der Waals surface area contributed by atoms with Gasteiger partial charge in [0.2, 0.25) is 0 Å². The molecule has 176 valence electrons. The molecule has 0 spiro atoms. The molecule has 1 aromatic heterocycles. The van der Waals surface area contributed by atoms with Crippen LogP contribution in [0.4, 0.5) is 22.0 Å². The third kappa shape index (κ3) is 4.46. The largest absolute Gasteiger partial charge is 0.417 e. The topological polar surface area (TPSA) is 56.5 Å². The van der Waals surface area contributed by atoms with Crippen molar-refractivity contribution in [1.29, 1.82) is 0 Å². The van der Waals surface area contributed by atoms with Gasteiger partial charge in [-0.05, 0) is 36.8 Å². The van der Waals surface area contributed by atoms with E-state index in [1.165, 1.54) is 35.3 Å². The number of imidazole rings is 1. The summed E-state index contributed by atoms with van der Waals surface area (Å²) in [4.78, 5) is 12.8. The number of aryl methyl sites for hydroxylation is 1. The zero-order valence-corrected chi connectivity index (χ0v) is 18.2. The number of halogens is 5. The lowest BCUT2D eigenvalue weighted by Crippen LogP contribution is -2.08. The molecule has 2 aromatic carbocycles. The summed E-state index contributed by atoms with van der Waals surface area (Å²) in [7, 11) is 0. The predicted octanol–water partition coefficient (Wildman–Crippen LogP) is 6.16. The van der Waals surface area contributed by atoms with Crippen molar-refractivity contribution in [2.45, 2.75) is 19.6 Å². The number of hydrogen-bond donors (Lipinski definition) is 0. The van der Waals surface area contributed by atoms with Crippen molar-refractivity contribution in [2.24, 2.45) is 0 Å². The molecule has 3 heterocycles. The van der Waals surface area contributed by atoms with Gasteiger partial charge in [0.1, 0.15) is 11.4 Å². The number of pyridine rings is 1. The predicted molar refractivity (Wildman–Crippen MR) is 118 cm³/mol. The van der Waals surface area contributed by atoms with E-state index >= 15 is 0 Å². The minimum atomic E-state index is -4.48. The first-order valence-electron chi connectivity index (χ1n) is 10.5. The molecule has 0 aliphatic carbocycles. The molecule has 0 saturated heterocycles. The van der Waals surface area contributed by atoms with Gasteiger partial charge in [-0.25, -0.2) is 18.7 Å². The molecule has 0 fully saturated rings. The van der Waals surface area contributed by atoms with Crippen molar-refractivity contribution in [3.05, 3.63) is 95.6 Å². The van der Waals surface area contributed by atoms with Gasteiger partial charge in [0.15, 0.2) is 17.5 Å². The summed E-state index contributed by atoms with van der Waals surface area (Å²) in [6.07, 6.45) is -0.0653. The van der Waals surface area contributed by atoms with Crippen LogP contribution < -0.4 is 0 Å². The lowest BCUT2D eigenvalue weighted by molar-refractivity contribution is -0.137. The fourth-order valence-electron chi connectivity index (χ4n) is 3.73. The highest BCUT2D eigenvalue weighted by Crippen LogP contribution is 2.37. The first-order chi connectivity index (χ1) is 16.7. The summed E-state index contributed by atoms with van der Waals surface area (Å²) in [5, 5.41) is 4.24. The molecular formula is C25H16F5N5. The van der Waals surface area contributed by atoms with E-state index in [1.807, 2.05) is 0 Å². The number of nitrogens with zero attached hydrogens (tertiary/aromatic N) is 5. The highest BCUT2D eigenvalue weighted by molar-refractivity contribution is 5.68. The van der Waals surface area contributed by atoms with Crippen molar-refractivity contribution >= 4 is 0 Å². The van der Waals surface area contributed by atoms with Crippen molar-refractivity contribution < 1.29 is 22.0 Å². The fourth-order valence-corrected chi connectivity index (χ4v) is 3.73. The van der Waals surface area contributed by atoms with Crippen LogP contribution in [-0.4, -0.2) is 24.7 Å². The van der Waals surface area contributed by atoms with Gasteiger partial charge in [0.05, 0.1) is 35.8 Å². The van der Waals surface area contributed by atoms with Crippen LogP contribution in [0.5, 0.6) is 0 Å². The Balaban J connectivity index is 1.41. The van der Waals surface area contributed by atoms with E-state index in [1.54, 1.807) is 31.3 Å². The van der Waals surface area contributed by atoms with Crippen LogP contribution in [0.15, 0.2) is 67.1 Å². The first-order valence-corrected chi connectivity index (χ1v) is 10.5. The maximum Gasteiger partial charge on any atom is 0.417 e. The molecule has 2 aliphatic rings. The Morgan fingerprint density at radius 1 is 0.886 bits per heavy atom. The normalized spacial score (nSPS) is 11.8. The molecule has 5 nitrogen and oxygen atoms in total. The minimum Gasteiger partial charge on any atom is -0.264 e. The second kappa shape index (κ2) is 8.53. The van der Waals surface area contributed by atoms with Crippen molar-refractivity contribution in [3.63, 3.8) is 0 Å². The van der Waals surface area contributed by atoms with E-state index in [0.29, 0.717) is 28.2 Å².